The summed E-state index contributed by atoms with van der Waals surface area (Å²) in [6, 6.07) is 11.6. The van der Waals surface area contributed by atoms with Crippen LogP contribution in [-0.4, -0.2) is 15.0 Å². The van der Waals surface area contributed by atoms with Crippen LogP contribution in [0.25, 0.3) is 10.8 Å². The second-order valence-corrected chi connectivity index (χ2v) is 7.16. The lowest BCUT2D eigenvalue weighted by molar-refractivity contribution is 0.516. The van der Waals surface area contributed by atoms with Gasteiger partial charge in [0, 0.05) is 29.3 Å². The Morgan fingerprint density at radius 2 is 1.79 bits per heavy atom. The van der Waals surface area contributed by atoms with Gasteiger partial charge in [0.15, 0.2) is 11.6 Å². The highest BCUT2D eigenvalue weighted by molar-refractivity contribution is 9.10. The first kappa shape index (κ1) is 18.7. The van der Waals surface area contributed by atoms with Gasteiger partial charge in [0.1, 0.15) is 4.60 Å². The summed E-state index contributed by atoms with van der Waals surface area (Å²) in [6.07, 6.45) is 4.88. The van der Waals surface area contributed by atoms with Gasteiger partial charge in [-0.3, -0.25) is 0 Å². The normalized spacial score (nSPS) is 11.0. The molecule has 0 radical (unpaired) electrons. The Balaban J connectivity index is 1.86. The highest BCUT2D eigenvalue weighted by Crippen LogP contribution is 2.32. The fourth-order valence-electron chi connectivity index (χ4n) is 2.94. The summed E-state index contributed by atoms with van der Waals surface area (Å²) in [7, 11) is 0. The lowest BCUT2D eigenvalue weighted by atomic mass is 10.1. The fraction of sp³-hybridized carbons (Fsp3) is 0.0500. The number of aromatic nitrogens is 3. The molecule has 2 heterocycles. The molecule has 4 aromatic rings. The van der Waals surface area contributed by atoms with Gasteiger partial charge in [0.05, 0.1) is 11.9 Å². The molecule has 0 saturated heterocycles. The smallest absolute Gasteiger partial charge is 0.230 e. The second kappa shape index (κ2) is 7.77. The molecule has 0 atom stereocenters. The maximum Gasteiger partial charge on any atom is 0.230 e. The third-order valence-electron chi connectivity index (χ3n) is 4.22. The van der Waals surface area contributed by atoms with Gasteiger partial charge in [-0.2, -0.15) is 0 Å². The van der Waals surface area contributed by atoms with Gasteiger partial charge in [0.2, 0.25) is 5.95 Å². The van der Waals surface area contributed by atoms with Crippen LogP contribution in [0.5, 0.6) is 0 Å². The quantitative estimate of drug-likeness (QED) is 0.347. The topological polar surface area (TPSA) is 41.9 Å². The van der Waals surface area contributed by atoms with Crippen LogP contribution >= 0.6 is 27.5 Å². The lowest BCUT2D eigenvalue weighted by Gasteiger charge is -2.23. The van der Waals surface area contributed by atoms with E-state index < -0.39 is 11.6 Å². The molecule has 2 aromatic heterocycles. The summed E-state index contributed by atoms with van der Waals surface area (Å²) >= 11 is 9.36. The molecule has 0 spiro atoms. The molecule has 0 aliphatic carbocycles. The number of fused-ring (bicyclic) bond motifs is 1. The average Bonchev–Trinajstić information content (AvgIpc) is 2.70. The van der Waals surface area contributed by atoms with Crippen LogP contribution in [0.2, 0.25) is 5.02 Å². The van der Waals surface area contributed by atoms with Gasteiger partial charge in [0.25, 0.3) is 0 Å². The van der Waals surface area contributed by atoms with E-state index in [-0.39, 0.29) is 16.5 Å². The van der Waals surface area contributed by atoms with Crippen LogP contribution < -0.4 is 4.90 Å². The Morgan fingerprint density at radius 3 is 2.54 bits per heavy atom. The molecule has 140 valence electrons. The molecule has 0 amide bonds. The van der Waals surface area contributed by atoms with Gasteiger partial charge in [-0.15, -0.1) is 0 Å². The molecular formula is C20H12BrClF2N4. The van der Waals surface area contributed by atoms with E-state index in [1.165, 1.54) is 6.07 Å². The van der Waals surface area contributed by atoms with E-state index in [1.54, 1.807) is 36.8 Å². The monoisotopic (exact) mass is 460 g/mol. The van der Waals surface area contributed by atoms with Gasteiger partial charge in [-0.25, -0.2) is 23.7 Å². The van der Waals surface area contributed by atoms with Crippen molar-refractivity contribution in [3.8, 4) is 0 Å². The van der Waals surface area contributed by atoms with Crippen molar-refractivity contribution in [2.75, 3.05) is 4.90 Å². The van der Waals surface area contributed by atoms with Crippen molar-refractivity contribution in [3.05, 3.63) is 87.9 Å². The molecule has 8 heteroatoms. The zero-order valence-electron chi connectivity index (χ0n) is 14.3. The molecule has 4 rings (SSSR count). The van der Waals surface area contributed by atoms with E-state index in [2.05, 4.69) is 30.9 Å². The SMILES string of the molecule is Fc1ccc2c(CN(c3cccc(Cl)c3)c3ncccn3)cnc(Br)c2c1F. The van der Waals surface area contributed by atoms with E-state index in [1.807, 2.05) is 17.0 Å². The maximum atomic E-state index is 14.4. The maximum absolute atomic E-state index is 14.4. The molecule has 0 unspecified atom stereocenters. The summed E-state index contributed by atoms with van der Waals surface area (Å²) in [5, 5.41) is 1.20. The number of hydrogen-bond donors (Lipinski definition) is 0. The minimum Gasteiger partial charge on any atom is -0.306 e. The third kappa shape index (κ3) is 3.55. The number of hydrogen-bond acceptors (Lipinski definition) is 4. The van der Waals surface area contributed by atoms with Crippen molar-refractivity contribution in [1.82, 2.24) is 15.0 Å². The molecule has 2 aromatic carbocycles. The summed E-state index contributed by atoms with van der Waals surface area (Å²) in [6.45, 7) is 0.284. The van der Waals surface area contributed by atoms with Crippen molar-refractivity contribution < 1.29 is 8.78 Å². The zero-order valence-corrected chi connectivity index (χ0v) is 16.6. The van der Waals surface area contributed by atoms with Gasteiger partial charge < -0.3 is 4.90 Å². The number of nitrogens with zero attached hydrogens (tertiary/aromatic N) is 4. The Labute approximate surface area is 173 Å². The third-order valence-corrected chi connectivity index (χ3v) is 5.06. The molecule has 0 aliphatic rings. The van der Waals surface area contributed by atoms with Crippen molar-refractivity contribution in [2.24, 2.45) is 0 Å². The molecule has 0 aliphatic heterocycles. The van der Waals surface area contributed by atoms with Crippen LogP contribution in [0.15, 0.2) is 65.7 Å². The first-order chi connectivity index (χ1) is 13.5. The number of anilines is 2. The lowest BCUT2D eigenvalue weighted by Crippen LogP contribution is -2.19. The van der Waals surface area contributed by atoms with Crippen LogP contribution in [0, 0.1) is 11.6 Å². The molecule has 28 heavy (non-hydrogen) atoms. The predicted molar refractivity (Wildman–Crippen MR) is 109 cm³/mol. The largest absolute Gasteiger partial charge is 0.306 e. The van der Waals surface area contributed by atoms with Gasteiger partial charge in [-0.05, 0) is 57.2 Å². The highest BCUT2D eigenvalue weighted by atomic mass is 79.9. The second-order valence-electron chi connectivity index (χ2n) is 5.97. The Morgan fingerprint density at radius 1 is 1.00 bits per heavy atom. The summed E-state index contributed by atoms with van der Waals surface area (Å²) < 4.78 is 28.3. The van der Waals surface area contributed by atoms with Crippen LogP contribution in [0.4, 0.5) is 20.4 Å². The highest BCUT2D eigenvalue weighted by Gasteiger charge is 2.18. The molecular weight excluding hydrogens is 450 g/mol. The van der Waals surface area contributed by atoms with Crippen molar-refractivity contribution in [2.45, 2.75) is 6.54 Å². The minimum atomic E-state index is -0.941. The van der Waals surface area contributed by atoms with Gasteiger partial charge >= 0.3 is 0 Å². The number of benzene rings is 2. The Kier molecular flexibility index (Phi) is 5.19. The zero-order chi connectivity index (χ0) is 19.7. The van der Waals surface area contributed by atoms with E-state index in [4.69, 9.17) is 11.6 Å². The van der Waals surface area contributed by atoms with Crippen molar-refractivity contribution >= 4 is 49.9 Å². The Hall–Kier alpha value is -2.64. The van der Waals surface area contributed by atoms with E-state index in [0.717, 1.165) is 11.8 Å². The number of halogens is 4. The minimum absolute atomic E-state index is 0.0949. The molecule has 0 bridgehead atoms. The van der Waals surface area contributed by atoms with Crippen LogP contribution in [0.3, 0.4) is 0 Å². The van der Waals surface area contributed by atoms with E-state index in [9.17, 15) is 8.78 Å². The van der Waals surface area contributed by atoms with Crippen LogP contribution in [0.1, 0.15) is 5.56 Å². The Bertz CT molecular complexity index is 1160. The van der Waals surface area contributed by atoms with Gasteiger partial charge in [-0.1, -0.05) is 23.7 Å². The first-order valence-corrected chi connectivity index (χ1v) is 9.43. The van der Waals surface area contributed by atoms with Crippen molar-refractivity contribution in [1.29, 1.82) is 0 Å². The molecule has 0 saturated carbocycles. The molecule has 4 nitrogen and oxygen atoms in total. The summed E-state index contributed by atoms with van der Waals surface area (Å²) in [4.78, 5) is 14.7. The molecule has 0 fully saturated rings. The predicted octanol–water partition coefficient (Wildman–Crippen LogP) is 6.06. The molecule has 0 N–H and O–H groups in total. The van der Waals surface area contributed by atoms with Crippen molar-refractivity contribution in [3.63, 3.8) is 0 Å². The number of pyridine rings is 1. The first-order valence-electron chi connectivity index (χ1n) is 8.26. The fourth-order valence-corrected chi connectivity index (χ4v) is 3.61. The number of rotatable bonds is 4. The summed E-state index contributed by atoms with van der Waals surface area (Å²) in [5.74, 6) is -1.42. The standard InChI is InChI=1S/C20H12BrClF2N4/c21-19-17-15(5-6-16(23)18(17)24)12(10-27-19)11-28(20-25-7-2-8-26-20)14-4-1-3-13(22)9-14/h1-10H,11H2. The average molecular weight is 462 g/mol. The van der Waals surface area contributed by atoms with E-state index in [0.29, 0.717) is 21.9 Å². The van der Waals surface area contributed by atoms with Crippen LogP contribution in [-0.2, 0) is 6.54 Å². The van der Waals surface area contributed by atoms with E-state index >= 15 is 0 Å². The summed E-state index contributed by atoms with van der Waals surface area (Å²) in [5.41, 5.74) is 1.45.